The van der Waals surface area contributed by atoms with Gasteiger partial charge in [-0.15, -0.1) is 11.3 Å². The van der Waals surface area contributed by atoms with Gasteiger partial charge in [-0.05, 0) is 42.2 Å². The SMILES string of the molecule is CC1OC(C)C(C(O)c2csc3ccccc23)C1C. The fraction of sp³-hybridized carbons (Fsp3) is 0.500. The molecular formula is C16H20O2S. The van der Waals surface area contributed by atoms with Crippen LogP contribution in [0.4, 0.5) is 0 Å². The van der Waals surface area contributed by atoms with Crippen molar-refractivity contribution in [2.75, 3.05) is 0 Å². The number of aliphatic hydroxyl groups is 1. The van der Waals surface area contributed by atoms with E-state index in [-0.39, 0.29) is 18.1 Å². The second-order valence-corrected chi connectivity index (χ2v) is 6.53. The lowest BCUT2D eigenvalue weighted by Crippen LogP contribution is -2.24. The summed E-state index contributed by atoms with van der Waals surface area (Å²) in [7, 11) is 0. The molecule has 1 N–H and O–H groups in total. The number of hydrogen-bond acceptors (Lipinski definition) is 3. The van der Waals surface area contributed by atoms with Gasteiger partial charge < -0.3 is 9.84 Å². The standard InChI is InChI=1S/C16H20O2S/c1-9-10(2)18-11(3)15(9)16(17)13-8-19-14-7-5-4-6-12(13)14/h4-11,15-17H,1-3H3. The highest BCUT2D eigenvalue weighted by molar-refractivity contribution is 7.17. The van der Waals surface area contributed by atoms with Crippen LogP contribution in [0.3, 0.4) is 0 Å². The van der Waals surface area contributed by atoms with Gasteiger partial charge in [0.05, 0.1) is 18.3 Å². The average molecular weight is 276 g/mol. The van der Waals surface area contributed by atoms with Gasteiger partial charge in [-0.3, -0.25) is 0 Å². The van der Waals surface area contributed by atoms with Crippen LogP contribution in [-0.4, -0.2) is 17.3 Å². The smallest absolute Gasteiger partial charge is 0.0860 e. The van der Waals surface area contributed by atoms with Gasteiger partial charge in [0.25, 0.3) is 0 Å². The molecule has 1 saturated heterocycles. The molecule has 3 rings (SSSR count). The van der Waals surface area contributed by atoms with Crippen LogP contribution in [0.2, 0.25) is 0 Å². The first kappa shape index (κ1) is 13.1. The van der Waals surface area contributed by atoms with Crippen molar-refractivity contribution in [1.29, 1.82) is 0 Å². The van der Waals surface area contributed by atoms with Gasteiger partial charge in [0, 0.05) is 10.6 Å². The molecule has 3 heteroatoms. The molecule has 0 radical (unpaired) electrons. The molecule has 5 atom stereocenters. The van der Waals surface area contributed by atoms with Gasteiger partial charge >= 0.3 is 0 Å². The van der Waals surface area contributed by atoms with Crippen molar-refractivity contribution < 1.29 is 9.84 Å². The summed E-state index contributed by atoms with van der Waals surface area (Å²) in [6.07, 6.45) is -0.107. The maximum absolute atomic E-state index is 10.8. The molecule has 1 aliphatic rings. The van der Waals surface area contributed by atoms with Gasteiger partial charge in [0.15, 0.2) is 0 Å². The van der Waals surface area contributed by atoms with E-state index in [0.717, 1.165) is 5.56 Å². The Labute approximate surface area is 118 Å². The fourth-order valence-electron chi connectivity index (χ4n) is 3.27. The zero-order chi connectivity index (χ0) is 13.6. The summed E-state index contributed by atoms with van der Waals surface area (Å²) in [6.45, 7) is 6.35. The van der Waals surface area contributed by atoms with Gasteiger partial charge in [0.2, 0.25) is 0 Å². The summed E-state index contributed by atoms with van der Waals surface area (Å²) in [5.41, 5.74) is 1.06. The molecule has 1 aromatic carbocycles. The number of benzene rings is 1. The van der Waals surface area contributed by atoms with Crippen molar-refractivity contribution in [2.24, 2.45) is 11.8 Å². The number of hydrogen-bond donors (Lipinski definition) is 1. The van der Waals surface area contributed by atoms with Crippen molar-refractivity contribution in [1.82, 2.24) is 0 Å². The molecule has 2 aromatic rings. The summed E-state index contributed by atoms with van der Waals surface area (Å²) in [5.74, 6) is 0.552. The molecule has 0 bridgehead atoms. The predicted octanol–water partition coefficient (Wildman–Crippen LogP) is 3.99. The Hall–Kier alpha value is -0.900. The Morgan fingerprint density at radius 2 is 1.89 bits per heavy atom. The topological polar surface area (TPSA) is 29.5 Å². The average Bonchev–Trinajstić information content (AvgIpc) is 2.91. The Bertz CT molecular complexity index is 577. The zero-order valence-electron chi connectivity index (χ0n) is 11.5. The summed E-state index contributed by atoms with van der Waals surface area (Å²) in [6, 6.07) is 8.28. The predicted molar refractivity (Wildman–Crippen MR) is 79.4 cm³/mol. The molecule has 1 aromatic heterocycles. The minimum absolute atomic E-state index is 0.110. The first-order valence-corrected chi connectivity index (χ1v) is 7.77. The highest BCUT2D eigenvalue weighted by atomic mass is 32.1. The van der Waals surface area contributed by atoms with E-state index in [0.29, 0.717) is 5.92 Å². The van der Waals surface area contributed by atoms with E-state index in [4.69, 9.17) is 4.74 Å². The third-order valence-corrected chi connectivity index (χ3v) is 5.49. The normalized spacial score (nSPS) is 32.8. The maximum Gasteiger partial charge on any atom is 0.0860 e. The fourth-order valence-corrected chi connectivity index (χ4v) is 4.26. The molecule has 102 valence electrons. The van der Waals surface area contributed by atoms with Crippen LogP contribution in [-0.2, 0) is 4.74 Å². The van der Waals surface area contributed by atoms with E-state index < -0.39 is 6.10 Å². The molecular weight excluding hydrogens is 256 g/mol. The van der Waals surface area contributed by atoms with Crippen molar-refractivity contribution in [3.05, 3.63) is 35.2 Å². The molecule has 1 aliphatic heterocycles. The van der Waals surface area contributed by atoms with Crippen molar-refractivity contribution in [2.45, 2.75) is 39.1 Å². The van der Waals surface area contributed by atoms with E-state index in [1.807, 2.05) is 12.1 Å². The number of fused-ring (bicyclic) bond motifs is 1. The molecule has 0 spiro atoms. The Kier molecular flexibility index (Phi) is 3.37. The number of ether oxygens (including phenoxy) is 1. The summed E-state index contributed by atoms with van der Waals surface area (Å²) in [5, 5.41) is 14.1. The van der Waals surface area contributed by atoms with Gasteiger partial charge in [0.1, 0.15) is 0 Å². The van der Waals surface area contributed by atoms with Crippen LogP contribution in [0.15, 0.2) is 29.6 Å². The summed E-state index contributed by atoms with van der Waals surface area (Å²) in [4.78, 5) is 0. The van der Waals surface area contributed by atoms with Crippen molar-refractivity contribution in [3.63, 3.8) is 0 Å². The monoisotopic (exact) mass is 276 g/mol. The first-order chi connectivity index (χ1) is 9.09. The minimum Gasteiger partial charge on any atom is -0.388 e. The van der Waals surface area contributed by atoms with E-state index in [9.17, 15) is 5.11 Å². The van der Waals surface area contributed by atoms with Crippen LogP contribution in [0.1, 0.15) is 32.4 Å². The van der Waals surface area contributed by atoms with Gasteiger partial charge in [-0.1, -0.05) is 25.1 Å². The molecule has 0 saturated carbocycles. The lowest BCUT2D eigenvalue weighted by molar-refractivity contribution is 0.0237. The number of rotatable bonds is 2. The van der Waals surface area contributed by atoms with E-state index >= 15 is 0 Å². The molecule has 0 aliphatic carbocycles. The van der Waals surface area contributed by atoms with Crippen LogP contribution >= 0.6 is 11.3 Å². The van der Waals surface area contributed by atoms with E-state index in [1.165, 1.54) is 10.1 Å². The third kappa shape index (κ3) is 2.10. The zero-order valence-corrected chi connectivity index (χ0v) is 12.4. The molecule has 5 unspecified atom stereocenters. The van der Waals surface area contributed by atoms with Crippen LogP contribution in [0.5, 0.6) is 0 Å². The van der Waals surface area contributed by atoms with Crippen LogP contribution in [0, 0.1) is 11.8 Å². The van der Waals surface area contributed by atoms with Gasteiger partial charge in [-0.25, -0.2) is 0 Å². The summed E-state index contributed by atoms with van der Waals surface area (Å²) < 4.78 is 7.10. The lowest BCUT2D eigenvalue weighted by Gasteiger charge is -2.24. The molecule has 19 heavy (non-hydrogen) atoms. The highest BCUT2D eigenvalue weighted by Gasteiger charge is 2.42. The third-order valence-electron chi connectivity index (χ3n) is 4.51. The second-order valence-electron chi connectivity index (χ2n) is 5.61. The Balaban J connectivity index is 1.98. The first-order valence-electron chi connectivity index (χ1n) is 6.89. The highest BCUT2D eigenvalue weighted by Crippen LogP contribution is 2.43. The van der Waals surface area contributed by atoms with Crippen molar-refractivity contribution >= 4 is 21.4 Å². The molecule has 0 amide bonds. The lowest BCUT2D eigenvalue weighted by atomic mass is 9.82. The number of thiophene rings is 1. The minimum atomic E-state index is -0.439. The van der Waals surface area contributed by atoms with E-state index in [2.05, 4.69) is 38.3 Å². The maximum atomic E-state index is 10.8. The molecule has 1 fully saturated rings. The Morgan fingerprint density at radius 1 is 1.16 bits per heavy atom. The largest absolute Gasteiger partial charge is 0.388 e. The van der Waals surface area contributed by atoms with Crippen LogP contribution < -0.4 is 0 Å². The van der Waals surface area contributed by atoms with Crippen LogP contribution in [0.25, 0.3) is 10.1 Å². The molecule has 2 nitrogen and oxygen atoms in total. The quantitative estimate of drug-likeness (QED) is 0.898. The van der Waals surface area contributed by atoms with Crippen molar-refractivity contribution in [3.8, 4) is 0 Å². The Morgan fingerprint density at radius 3 is 2.58 bits per heavy atom. The number of aliphatic hydroxyl groups excluding tert-OH is 1. The van der Waals surface area contributed by atoms with Gasteiger partial charge in [-0.2, -0.15) is 0 Å². The second kappa shape index (κ2) is 4.89. The summed E-state index contributed by atoms with van der Waals surface area (Å²) >= 11 is 1.70. The molecule has 2 heterocycles. The van der Waals surface area contributed by atoms with E-state index in [1.54, 1.807) is 11.3 Å².